The molecule has 4 atom stereocenters. The van der Waals surface area contributed by atoms with Gasteiger partial charge in [0.05, 0.1) is 7.11 Å². The number of halogens is 1. The third kappa shape index (κ3) is 4.16. The van der Waals surface area contributed by atoms with Crippen molar-refractivity contribution in [2.45, 2.75) is 44.3 Å². The van der Waals surface area contributed by atoms with Crippen LogP contribution in [0.1, 0.15) is 42.9 Å². The summed E-state index contributed by atoms with van der Waals surface area (Å²) in [5, 5.41) is 8.48. The third-order valence-electron chi connectivity index (χ3n) is 6.32. The van der Waals surface area contributed by atoms with E-state index in [1.54, 1.807) is 7.11 Å². The van der Waals surface area contributed by atoms with E-state index < -0.39 is 0 Å². The molecule has 0 aromatic heterocycles. The Morgan fingerprint density at radius 2 is 1.93 bits per heavy atom. The van der Waals surface area contributed by atoms with Gasteiger partial charge in [-0.05, 0) is 55.0 Å². The van der Waals surface area contributed by atoms with Crippen LogP contribution in [0.2, 0.25) is 5.02 Å². The number of hydrogen-bond donors (Lipinski definition) is 2. The maximum Gasteiger partial charge on any atom is 0.123 e. The largest absolute Gasteiger partial charge is 0.496 e. The number of hydrogen-bond acceptors (Lipinski definition) is 3. The van der Waals surface area contributed by atoms with E-state index in [2.05, 4.69) is 41.0 Å². The van der Waals surface area contributed by atoms with Gasteiger partial charge in [0.1, 0.15) is 5.75 Å². The SMILES string of the molecule is COc1ccc(Cl)cc1CNC1C(c2ccccc2)NCC2CCCCC21. The van der Waals surface area contributed by atoms with E-state index in [-0.39, 0.29) is 0 Å². The molecule has 0 spiro atoms. The van der Waals surface area contributed by atoms with Gasteiger partial charge in [0.15, 0.2) is 0 Å². The van der Waals surface area contributed by atoms with Gasteiger partial charge in [-0.25, -0.2) is 0 Å². The van der Waals surface area contributed by atoms with Gasteiger partial charge in [0, 0.05) is 29.2 Å². The van der Waals surface area contributed by atoms with Crippen molar-refractivity contribution in [1.29, 1.82) is 0 Å². The van der Waals surface area contributed by atoms with E-state index in [0.717, 1.165) is 41.3 Å². The molecule has 1 aliphatic heterocycles. The minimum absolute atomic E-state index is 0.343. The Bertz CT molecular complexity index is 751. The molecule has 1 saturated heterocycles. The molecule has 3 nitrogen and oxygen atoms in total. The molecule has 1 heterocycles. The number of benzene rings is 2. The molecule has 1 aliphatic carbocycles. The second-order valence-electron chi connectivity index (χ2n) is 7.87. The standard InChI is InChI=1S/C23H29ClN2O/c1-27-21-12-11-19(24)13-18(21)15-26-23-20-10-6-5-9-17(20)14-25-22(23)16-7-3-2-4-8-16/h2-4,7-8,11-13,17,20,22-23,25-26H,5-6,9-10,14-15H2,1H3. The molecule has 1 saturated carbocycles. The lowest BCUT2D eigenvalue weighted by Crippen LogP contribution is -2.55. The van der Waals surface area contributed by atoms with Crippen LogP contribution in [0.4, 0.5) is 0 Å². The Morgan fingerprint density at radius 3 is 2.74 bits per heavy atom. The molecular weight excluding hydrogens is 356 g/mol. The molecular formula is C23H29ClN2O. The van der Waals surface area contributed by atoms with Gasteiger partial charge in [-0.1, -0.05) is 54.8 Å². The first-order valence-corrected chi connectivity index (χ1v) is 10.5. The zero-order valence-electron chi connectivity index (χ0n) is 16.0. The van der Waals surface area contributed by atoms with E-state index in [1.807, 2.05) is 18.2 Å². The molecule has 0 amide bonds. The zero-order valence-corrected chi connectivity index (χ0v) is 16.7. The highest BCUT2D eigenvalue weighted by molar-refractivity contribution is 6.30. The maximum absolute atomic E-state index is 6.23. The van der Waals surface area contributed by atoms with Crippen molar-refractivity contribution in [1.82, 2.24) is 10.6 Å². The summed E-state index contributed by atoms with van der Waals surface area (Å²) in [7, 11) is 1.72. The summed E-state index contributed by atoms with van der Waals surface area (Å²) in [5.41, 5.74) is 2.49. The number of ether oxygens (including phenoxy) is 1. The normalized spacial score (nSPS) is 27.8. The fraction of sp³-hybridized carbons (Fsp3) is 0.478. The molecule has 2 fully saturated rings. The summed E-state index contributed by atoms with van der Waals surface area (Å²) >= 11 is 6.23. The molecule has 2 N–H and O–H groups in total. The Morgan fingerprint density at radius 1 is 1.11 bits per heavy atom. The van der Waals surface area contributed by atoms with E-state index in [4.69, 9.17) is 16.3 Å². The topological polar surface area (TPSA) is 33.3 Å². The highest BCUT2D eigenvalue weighted by Gasteiger charge is 2.40. The summed E-state index contributed by atoms with van der Waals surface area (Å²) < 4.78 is 5.54. The van der Waals surface area contributed by atoms with E-state index in [0.29, 0.717) is 12.1 Å². The molecule has 2 aromatic rings. The van der Waals surface area contributed by atoms with Crippen LogP contribution in [0.5, 0.6) is 5.75 Å². The van der Waals surface area contributed by atoms with Crippen molar-refractivity contribution in [3.63, 3.8) is 0 Å². The van der Waals surface area contributed by atoms with Crippen molar-refractivity contribution in [2.75, 3.05) is 13.7 Å². The highest BCUT2D eigenvalue weighted by atomic mass is 35.5. The van der Waals surface area contributed by atoms with Gasteiger partial charge in [-0.15, -0.1) is 0 Å². The maximum atomic E-state index is 6.23. The Kier molecular flexibility index (Phi) is 6.01. The van der Waals surface area contributed by atoms with Crippen molar-refractivity contribution in [3.8, 4) is 5.75 Å². The first-order valence-electron chi connectivity index (χ1n) is 10.1. The number of nitrogens with one attached hydrogen (secondary N) is 2. The van der Waals surface area contributed by atoms with Crippen LogP contribution in [0.15, 0.2) is 48.5 Å². The van der Waals surface area contributed by atoms with Crippen molar-refractivity contribution in [2.24, 2.45) is 11.8 Å². The van der Waals surface area contributed by atoms with E-state index in [9.17, 15) is 0 Å². The number of piperidine rings is 1. The first kappa shape index (κ1) is 18.8. The van der Waals surface area contributed by atoms with Gasteiger partial charge in [0.2, 0.25) is 0 Å². The second kappa shape index (κ2) is 8.64. The van der Waals surface area contributed by atoms with Crippen LogP contribution in [-0.2, 0) is 6.54 Å². The number of methoxy groups -OCH3 is 1. The Balaban J connectivity index is 1.58. The fourth-order valence-corrected chi connectivity index (χ4v) is 5.18. The molecule has 4 heteroatoms. The van der Waals surface area contributed by atoms with Crippen molar-refractivity contribution in [3.05, 3.63) is 64.7 Å². The van der Waals surface area contributed by atoms with E-state index >= 15 is 0 Å². The van der Waals surface area contributed by atoms with Crippen LogP contribution in [0.3, 0.4) is 0 Å². The summed E-state index contributed by atoms with van der Waals surface area (Å²) in [5.74, 6) is 2.39. The number of rotatable bonds is 5. The van der Waals surface area contributed by atoms with Gasteiger partial charge in [0.25, 0.3) is 0 Å². The molecule has 0 radical (unpaired) electrons. The summed E-state index contributed by atoms with van der Waals surface area (Å²) in [6, 6.07) is 17.5. The third-order valence-corrected chi connectivity index (χ3v) is 6.55. The van der Waals surface area contributed by atoms with Crippen molar-refractivity contribution >= 4 is 11.6 Å². The van der Waals surface area contributed by atoms with Crippen molar-refractivity contribution < 1.29 is 4.74 Å². The van der Waals surface area contributed by atoms with Crippen LogP contribution < -0.4 is 15.4 Å². The Hall–Kier alpha value is -1.55. The number of fused-ring (bicyclic) bond motifs is 1. The van der Waals surface area contributed by atoms with Gasteiger partial charge >= 0.3 is 0 Å². The smallest absolute Gasteiger partial charge is 0.123 e. The average molecular weight is 385 g/mol. The molecule has 144 valence electrons. The second-order valence-corrected chi connectivity index (χ2v) is 8.30. The zero-order chi connectivity index (χ0) is 18.6. The minimum Gasteiger partial charge on any atom is -0.496 e. The lowest BCUT2D eigenvalue weighted by molar-refractivity contribution is 0.104. The molecule has 2 aromatic carbocycles. The van der Waals surface area contributed by atoms with Crippen LogP contribution >= 0.6 is 11.6 Å². The molecule has 0 bridgehead atoms. The molecule has 4 unspecified atom stereocenters. The first-order chi connectivity index (χ1) is 13.3. The van der Waals surface area contributed by atoms with Gasteiger partial charge < -0.3 is 15.4 Å². The predicted octanol–water partition coefficient (Wildman–Crippen LogP) is 4.96. The van der Waals surface area contributed by atoms with Crippen LogP contribution in [0, 0.1) is 11.8 Å². The monoisotopic (exact) mass is 384 g/mol. The minimum atomic E-state index is 0.343. The summed E-state index contributed by atoms with van der Waals surface area (Å²) in [6.07, 6.45) is 5.38. The Labute approximate surface area is 167 Å². The fourth-order valence-electron chi connectivity index (χ4n) is 4.98. The quantitative estimate of drug-likeness (QED) is 0.764. The summed E-state index contributed by atoms with van der Waals surface area (Å²) in [6.45, 7) is 1.89. The van der Waals surface area contributed by atoms with Gasteiger partial charge in [-0.3, -0.25) is 0 Å². The predicted molar refractivity (Wildman–Crippen MR) is 111 cm³/mol. The van der Waals surface area contributed by atoms with Crippen LogP contribution in [0.25, 0.3) is 0 Å². The van der Waals surface area contributed by atoms with Crippen LogP contribution in [-0.4, -0.2) is 19.7 Å². The average Bonchev–Trinajstić information content (AvgIpc) is 2.72. The van der Waals surface area contributed by atoms with Gasteiger partial charge in [-0.2, -0.15) is 0 Å². The lowest BCUT2D eigenvalue weighted by Gasteiger charge is -2.47. The van der Waals surface area contributed by atoms with E-state index in [1.165, 1.54) is 31.2 Å². The lowest BCUT2D eigenvalue weighted by atomic mass is 9.69. The molecule has 27 heavy (non-hydrogen) atoms. The summed E-state index contributed by atoms with van der Waals surface area (Å²) in [4.78, 5) is 0. The highest BCUT2D eigenvalue weighted by Crippen LogP contribution is 2.40. The molecule has 4 rings (SSSR count). The molecule has 2 aliphatic rings.